The van der Waals surface area contributed by atoms with Gasteiger partial charge in [0.15, 0.2) is 0 Å². The average Bonchev–Trinajstić information content (AvgIpc) is 2.68. The van der Waals surface area contributed by atoms with Gasteiger partial charge < -0.3 is 5.73 Å². The van der Waals surface area contributed by atoms with Gasteiger partial charge in [-0.2, -0.15) is 0 Å². The number of nitrogen functional groups attached to an aromatic ring is 1. The summed E-state index contributed by atoms with van der Waals surface area (Å²) in [5.41, 5.74) is 9.90. The largest absolute Gasteiger partial charge is 0.399 e. The summed E-state index contributed by atoms with van der Waals surface area (Å²) in [6.45, 7) is 4.83. The van der Waals surface area contributed by atoms with Gasteiger partial charge in [0.05, 0.1) is 0 Å². The minimum absolute atomic E-state index is 0.750. The maximum Gasteiger partial charge on any atom is 0.0316 e. The summed E-state index contributed by atoms with van der Waals surface area (Å²) in [7, 11) is 0. The van der Waals surface area contributed by atoms with E-state index in [9.17, 15) is 0 Å². The van der Waals surface area contributed by atoms with E-state index in [1.807, 2.05) is 0 Å². The summed E-state index contributed by atoms with van der Waals surface area (Å²) >= 11 is 0. The number of hydrogen-bond donors (Lipinski definition) is 1. The van der Waals surface area contributed by atoms with Gasteiger partial charge in [-0.25, -0.2) is 0 Å². The number of rotatable bonds is 2. The third kappa shape index (κ3) is 1.85. The van der Waals surface area contributed by atoms with Crippen molar-refractivity contribution in [2.45, 2.75) is 44.6 Å². The Morgan fingerprint density at radius 1 is 1.41 bits per heavy atom. The van der Waals surface area contributed by atoms with Gasteiger partial charge in [-0.15, -0.1) is 0 Å². The molecule has 1 aliphatic carbocycles. The van der Waals surface area contributed by atoms with Crippen molar-refractivity contribution in [1.29, 1.82) is 0 Å². The highest BCUT2D eigenvalue weighted by Crippen LogP contribution is 2.42. The van der Waals surface area contributed by atoms with Gasteiger partial charge >= 0.3 is 0 Å². The van der Waals surface area contributed by atoms with Crippen molar-refractivity contribution in [3.63, 3.8) is 0 Å². The second kappa shape index (κ2) is 4.34. The molecule has 1 saturated heterocycles. The molecule has 1 aliphatic heterocycles. The van der Waals surface area contributed by atoms with Gasteiger partial charge in [0.25, 0.3) is 0 Å². The number of hydrogen-bond acceptors (Lipinski definition) is 2. The van der Waals surface area contributed by atoms with E-state index >= 15 is 0 Å². The Morgan fingerprint density at radius 3 is 3.12 bits per heavy atom. The summed E-state index contributed by atoms with van der Waals surface area (Å²) in [4.78, 5) is 2.70. The molecule has 2 N–H and O–H groups in total. The SMILES string of the molecule is CCCN1CCCC2c3ccc(N)cc3CC21. The number of likely N-dealkylation sites (tertiary alicyclic amines) is 1. The first-order valence-electron chi connectivity index (χ1n) is 6.92. The van der Waals surface area contributed by atoms with Crippen molar-refractivity contribution in [2.75, 3.05) is 18.8 Å². The summed E-state index contributed by atoms with van der Waals surface area (Å²) in [5, 5.41) is 0. The van der Waals surface area contributed by atoms with Crippen LogP contribution >= 0.6 is 0 Å². The normalized spacial score (nSPS) is 27.8. The topological polar surface area (TPSA) is 29.3 Å². The fourth-order valence-corrected chi connectivity index (χ4v) is 3.72. The quantitative estimate of drug-likeness (QED) is 0.792. The number of benzene rings is 1. The lowest BCUT2D eigenvalue weighted by atomic mass is 9.88. The molecule has 0 spiro atoms. The maximum absolute atomic E-state index is 5.90. The van der Waals surface area contributed by atoms with Crippen molar-refractivity contribution in [1.82, 2.24) is 4.90 Å². The minimum atomic E-state index is 0.750. The Kier molecular flexibility index (Phi) is 2.83. The van der Waals surface area contributed by atoms with Crippen LogP contribution < -0.4 is 5.73 Å². The molecule has 92 valence electrons. The van der Waals surface area contributed by atoms with Crippen LogP contribution in [0, 0.1) is 0 Å². The number of nitrogens with two attached hydrogens (primary N) is 1. The fraction of sp³-hybridized carbons (Fsp3) is 0.600. The van der Waals surface area contributed by atoms with Crippen LogP contribution in [0.1, 0.15) is 43.2 Å². The number of fused-ring (bicyclic) bond motifs is 3. The molecule has 1 heterocycles. The molecule has 2 nitrogen and oxygen atoms in total. The molecular weight excluding hydrogens is 208 g/mol. The molecule has 0 aromatic heterocycles. The van der Waals surface area contributed by atoms with Crippen LogP contribution in [0.2, 0.25) is 0 Å². The Bertz CT molecular complexity index is 411. The summed E-state index contributed by atoms with van der Waals surface area (Å²) in [6.07, 6.45) is 5.19. The van der Waals surface area contributed by atoms with E-state index in [4.69, 9.17) is 5.73 Å². The summed E-state index contributed by atoms with van der Waals surface area (Å²) < 4.78 is 0. The van der Waals surface area contributed by atoms with E-state index in [-0.39, 0.29) is 0 Å². The fourth-order valence-electron chi connectivity index (χ4n) is 3.72. The molecule has 2 unspecified atom stereocenters. The molecule has 1 aromatic rings. The second-order valence-corrected chi connectivity index (χ2v) is 5.51. The minimum Gasteiger partial charge on any atom is -0.399 e. The third-order valence-corrected chi connectivity index (χ3v) is 4.40. The van der Waals surface area contributed by atoms with E-state index in [2.05, 4.69) is 30.0 Å². The van der Waals surface area contributed by atoms with Crippen LogP contribution in [0.15, 0.2) is 18.2 Å². The molecule has 2 atom stereocenters. The molecule has 1 fully saturated rings. The third-order valence-electron chi connectivity index (χ3n) is 4.40. The lowest BCUT2D eigenvalue weighted by molar-refractivity contribution is 0.137. The van der Waals surface area contributed by atoms with Gasteiger partial charge in [0, 0.05) is 17.6 Å². The standard InChI is InChI=1S/C15H22N2/c1-2-7-17-8-3-4-14-13-6-5-12(16)9-11(13)10-15(14)17/h5-6,9,14-15H,2-4,7-8,10,16H2,1H3. The first-order chi connectivity index (χ1) is 8.29. The van der Waals surface area contributed by atoms with Gasteiger partial charge in [-0.3, -0.25) is 4.90 Å². The highest BCUT2D eigenvalue weighted by atomic mass is 15.2. The highest BCUT2D eigenvalue weighted by Gasteiger charge is 2.38. The zero-order valence-electron chi connectivity index (χ0n) is 10.7. The Labute approximate surface area is 104 Å². The van der Waals surface area contributed by atoms with E-state index < -0.39 is 0 Å². The monoisotopic (exact) mass is 230 g/mol. The molecule has 0 bridgehead atoms. The van der Waals surface area contributed by atoms with Crippen molar-refractivity contribution in [3.8, 4) is 0 Å². The van der Waals surface area contributed by atoms with E-state index in [1.165, 1.54) is 44.3 Å². The summed E-state index contributed by atoms with van der Waals surface area (Å²) in [5.74, 6) is 0.769. The average molecular weight is 230 g/mol. The number of anilines is 1. The van der Waals surface area contributed by atoms with Crippen molar-refractivity contribution in [3.05, 3.63) is 29.3 Å². The predicted molar refractivity (Wildman–Crippen MR) is 72.2 cm³/mol. The Hall–Kier alpha value is -1.02. The van der Waals surface area contributed by atoms with Crippen LogP contribution in [-0.4, -0.2) is 24.0 Å². The molecule has 0 radical (unpaired) electrons. The molecule has 17 heavy (non-hydrogen) atoms. The van der Waals surface area contributed by atoms with Crippen LogP contribution in [0.5, 0.6) is 0 Å². The molecule has 2 heteroatoms. The first kappa shape index (κ1) is 11.1. The Morgan fingerprint density at radius 2 is 2.29 bits per heavy atom. The predicted octanol–water partition coefficient (Wildman–Crippen LogP) is 2.78. The lowest BCUT2D eigenvalue weighted by Gasteiger charge is -2.37. The second-order valence-electron chi connectivity index (χ2n) is 5.51. The zero-order chi connectivity index (χ0) is 11.8. The zero-order valence-corrected chi connectivity index (χ0v) is 10.7. The van der Waals surface area contributed by atoms with E-state index in [0.29, 0.717) is 0 Å². The van der Waals surface area contributed by atoms with Crippen LogP contribution in [0.25, 0.3) is 0 Å². The highest BCUT2D eigenvalue weighted by molar-refractivity contribution is 5.49. The smallest absolute Gasteiger partial charge is 0.0316 e. The molecule has 2 aliphatic rings. The Balaban J connectivity index is 1.89. The van der Waals surface area contributed by atoms with Crippen LogP contribution in [-0.2, 0) is 6.42 Å². The van der Waals surface area contributed by atoms with Gasteiger partial charge in [-0.1, -0.05) is 13.0 Å². The van der Waals surface area contributed by atoms with Crippen molar-refractivity contribution < 1.29 is 0 Å². The van der Waals surface area contributed by atoms with E-state index in [1.54, 1.807) is 5.56 Å². The van der Waals surface area contributed by atoms with Crippen molar-refractivity contribution in [2.24, 2.45) is 0 Å². The van der Waals surface area contributed by atoms with E-state index in [0.717, 1.165) is 17.6 Å². The molecule has 0 amide bonds. The first-order valence-corrected chi connectivity index (χ1v) is 6.92. The number of nitrogens with zero attached hydrogens (tertiary/aromatic N) is 1. The van der Waals surface area contributed by atoms with Crippen LogP contribution in [0.4, 0.5) is 5.69 Å². The van der Waals surface area contributed by atoms with Crippen molar-refractivity contribution >= 4 is 5.69 Å². The molecule has 0 saturated carbocycles. The van der Waals surface area contributed by atoms with Gasteiger partial charge in [0.2, 0.25) is 0 Å². The maximum atomic E-state index is 5.90. The molecular formula is C15H22N2. The number of piperidine rings is 1. The van der Waals surface area contributed by atoms with Gasteiger partial charge in [-0.05, 0) is 62.0 Å². The van der Waals surface area contributed by atoms with Gasteiger partial charge in [0.1, 0.15) is 0 Å². The van der Waals surface area contributed by atoms with Crippen LogP contribution in [0.3, 0.4) is 0 Å². The summed E-state index contributed by atoms with van der Waals surface area (Å²) in [6, 6.07) is 7.28. The lowest BCUT2D eigenvalue weighted by Crippen LogP contribution is -2.42. The molecule has 1 aromatic carbocycles. The molecule has 3 rings (SSSR count).